The van der Waals surface area contributed by atoms with E-state index in [1.807, 2.05) is 19.1 Å². The lowest BCUT2D eigenvalue weighted by Gasteiger charge is -2.08. The molecule has 5 heteroatoms. The molecule has 0 saturated carbocycles. The topological polar surface area (TPSA) is 88.0 Å². The first kappa shape index (κ1) is 14.6. The molecule has 1 aromatic heterocycles. The molecular weight excluding hydrogens is 266 g/mol. The molecule has 1 aromatic carbocycles. The Morgan fingerprint density at radius 3 is 2.81 bits per heavy atom. The second kappa shape index (κ2) is 6.55. The molecule has 0 unspecified atom stereocenters. The maximum absolute atomic E-state index is 12.1. The number of amides is 1. The minimum atomic E-state index is -0.329. The second-order valence-electron chi connectivity index (χ2n) is 4.43. The van der Waals surface area contributed by atoms with E-state index in [0.29, 0.717) is 17.8 Å². The lowest BCUT2D eigenvalue weighted by atomic mass is 10.1. The van der Waals surface area contributed by atoms with Crippen molar-refractivity contribution >= 4 is 11.6 Å². The summed E-state index contributed by atoms with van der Waals surface area (Å²) in [4.78, 5) is 25.7. The first-order valence-corrected chi connectivity index (χ1v) is 6.40. The summed E-state index contributed by atoms with van der Waals surface area (Å²) in [5, 5.41) is 2.77. The number of aryl methyl sites for hydroxylation is 1. The zero-order chi connectivity index (χ0) is 15.2. The Hall–Kier alpha value is -2.84. The lowest BCUT2D eigenvalue weighted by molar-refractivity contribution is 0.102. The van der Waals surface area contributed by atoms with E-state index < -0.39 is 0 Å². The number of H-pyrrole nitrogens is 1. The van der Waals surface area contributed by atoms with Gasteiger partial charge in [0.1, 0.15) is 0 Å². The first-order valence-electron chi connectivity index (χ1n) is 6.40. The number of carbonyl (C=O) groups is 1. The van der Waals surface area contributed by atoms with Gasteiger partial charge in [0, 0.05) is 29.1 Å². The highest BCUT2D eigenvalue weighted by Gasteiger charge is 2.08. The Kier molecular flexibility index (Phi) is 4.54. The maximum Gasteiger partial charge on any atom is 0.255 e. The van der Waals surface area contributed by atoms with Gasteiger partial charge in [0.05, 0.1) is 6.54 Å². The summed E-state index contributed by atoms with van der Waals surface area (Å²) in [5.41, 5.74) is 7.73. The third-order valence-corrected chi connectivity index (χ3v) is 2.85. The lowest BCUT2D eigenvalue weighted by Crippen LogP contribution is -2.16. The molecular formula is C16H15N3O2. The van der Waals surface area contributed by atoms with Crippen LogP contribution < -0.4 is 16.6 Å². The van der Waals surface area contributed by atoms with Crippen LogP contribution in [0.5, 0.6) is 0 Å². The number of benzene rings is 1. The average Bonchev–Trinajstić information content (AvgIpc) is 2.47. The summed E-state index contributed by atoms with van der Waals surface area (Å²) >= 11 is 0. The summed E-state index contributed by atoms with van der Waals surface area (Å²) in [7, 11) is 0. The zero-order valence-electron chi connectivity index (χ0n) is 11.6. The normalized spacial score (nSPS) is 9.62. The number of anilines is 1. The Morgan fingerprint density at radius 1 is 1.33 bits per heavy atom. The van der Waals surface area contributed by atoms with Gasteiger partial charge < -0.3 is 16.0 Å². The van der Waals surface area contributed by atoms with Crippen molar-refractivity contribution in [3.05, 3.63) is 63.6 Å². The first-order chi connectivity index (χ1) is 10.1. The summed E-state index contributed by atoms with van der Waals surface area (Å²) < 4.78 is 0. The van der Waals surface area contributed by atoms with Crippen molar-refractivity contribution in [2.24, 2.45) is 5.73 Å². The highest BCUT2D eigenvalue weighted by Crippen LogP contribution is 2.17. The van der Waals surface area contributed by atoms with Gasteiger partial charge in [0.15, 0.2) is 0 Å². The molecule has 106 valence electrons. The van der Waals surface area contributed by atoms with Crippen LogP contribution in [0.2, 0.25) is 0 Å². The van der Waals surface area contributed by atoms with Crippen LogP contribution >= 0.6 is 0 Å². The summed E-state index contributed by atoms with van der Waals surface area (Å²) in [6.45, 7) is 2.18. The Morgan fingerprint density at radius 2 is 2.14 bits per heavy atom. The van der Waals surface area contributed by atoms with Crippen LogP contribution in [0.25, 0.3) is 0 Å². The van der Waals surface area contributed by atoms with Crippen LogP contribution in [-0.4, -0.2) is 17.4 Å². The van der Waals surface area contributed by atoms with Crippen molar-refractivity contribution in [2.75, 3.05) is 11.9 Å². The van der Waals surface area contributed by atoms with Crippen LogP contribution in [0.15, 0.2) is 41.3 Å². The number of rotatable bonds is 2. The Bertz CT molecular complexity index is 782. The SMILES string of the molecule is Cc1cc(C#CCN)ccc1NC(=O)c1cc[nH]c(=O)c1. The van der Waals surface area contributed by atoms with E-state index in [1.54, 1.807) is 12.1 Å². The zero-order valence-corrected chi connectivity index (χ0v) is 11.6. The number of hydrogen-bond acceptors (Lipinski definition) is 3. The van der Waals surface area contributed by atoms with Gasteiger partial charge in [-0.1, -0.05) is 11.8 Å². The van der Waals surface area contributed by atoms with Gasteiger partial charge in [-0.2, -0.15) is 0 Å². The Labute approximate surface area is 122 Å². The molecule has 1 heterocycles. The van der Waals surface area contributed by atoms with E-state index in [1.165, 1.54) is 12.3 Å². The molecule has 0 radical (unpaired) electrons. The fraction of sp³-hybridized carbons (Fsp3) is 0.125. The van der Waals surface area contributed by atoms with Gasteiger partial charge in [0.25, 0.3) is 5.91 Å². The van der Waals surface area contributed by atoms with Crippen molar-refractivity contribution in [3.63, 3.8) is 0 Å². The Balaban J connectivity index is 2.20. The van der Waals surface area contributed by atoms with Gasteiger partial charge in [-0.25, -0.2) is 0 Å². The highest BCUT2D eigenvalue weighted by molar-refractivity contribution is 6.04. The van der Waals surface area contributed by atoms with Crippen LogP contribution in [-0.2, 0) is 0 Å². The predicted octanol–water partition coefficient (Wildman–Crippen LogP) is 1.25. The molecule has 5 nitrogen and oxygen atoms in total. The third kappa shape index (κ3) is 3.81. The minimum absolute atomic E-state index is 0.306. The van der Waals surface area contributed by atoms with Crippen LogP contribution in [0.1, 0.15) is 21.5 Å². The molecule has 0 saturated heterocycles. The van der Waals surface area contributed by atoms with Gasteiger partial charge in [-0.05, 0) is 36.8 Å². The number of nitrogens with two attached hydrogens (primary N) is 1. The predicted molar refractivity (Wildman–Crippen MR) is 82.1 cm³/mol. The van der Waals surface area contributed by atoms with Gasteiger partial charge in [-0.15, -0.1) is 0 Å². The number of hydrogen-bond donors (Lipinski definition) is 3. The maximum atomic E-state index is 12.1. The molecule has 21 heavy (non-hydrogen) atoms. The second-order valence-corrected chi connectivity index (χ2v) is 4.43. The number of carbonyl (C=O) groups excluding carboxylic acids is 1. The molecule has 2 aromatic rings. The molecule has 0 bridgehead atoms. The fourth-order valence-electron chi connectivity index (χ4n) is 1.82. The van der Waals surface area contributed by atoms with Gasteiger partial charge >= 0.3 is 0 Å². The smallest absolute Gasteiger partial charge is 0.255 e. The molecule has 0 aliphatic heterocycles. The summed E-state index contributed by atoms with van der Waals surface area (Å²) in [5.74, 6) is 5.38. The van der Waals surface area contributed by atoms with E-state index in [2.05, 4.69) is 22.1 Å². The number of nitrogens with one attached hydrogen (secondary N) is 2. The van der Waals surface area contributed by atoms with Gasteiger partial charge in [-0.3, -0.25) is 9.59 Å². The molecule has 0 aliphatic rings. The van der Waals surface area contributed by atoms with Crippen LogP contribution in [0.3, 0.4) is 0 Å². The molecule has 0 atom stereocenters. The van der Waals surface area contributed by atoms with Crippen LogP contribution in [0, 0.1) is 18.8 Å². The monoisotopic (exact) mass is 281 g/mol. The summed E-state index contributed by atoms with van der Waals surface area (Å²) in [6, 6.07) is 8.26. The van der Waals surface area contributed by atoms with Crippen molar-refractivity contribution < 1.29 is 4.79 Å². The molecule has 1 amide bonds. The number of aromatic amines is 1. The highest BCUT2D eigenvalue weighted by atomic mass is 16.2. The summed E-state index contributed by atoms with van der Waals surface area (Å²) in [6.07, 6.45) is 1.44. The molecule has 0 spiro atoms. The minimum Gasteiger partial charge on any atom is -0.329 e. The van der Waals surface area contributed by atoms with E-state index in [4.69, 9.17) is 5.73 Å². The number of aromatic nitrogens is 1. The van der Waals surface area contributed by atoms with E-state index in [0.717, 1.165) is 11.1 Å². The van der Waals surface area contributed by atoms with E-state index in [9.17, 15) is 9.59 Å². The van der Waals surface area contributed by atoms with Crippen LogP contribution in [0.4, 0.5) is 5.69 Å². The van der Waals surface area contributed by atoms with E-state index >= 15 is 0 Å². The van der Waals surface area contributed by atoms with E-state index in [-0.39, 0.29) is 11.5 Å². The molecule has 0 aliphatic carbocycles. The third-order valence-electron chi connectivity index (χ3n) is 2.85. The molecule has 2 rings (SSSR count). The quantitative estimate of drug-likeness (QED) is 0.724. The van der Waals surface area contributed by atoms with Crippen molar-refractivity contribution in [2.45, 2.75) is 6.92 Å². The standard InChI is InChI=1S/C16H15N3O2/c1-11-9-12(3-2-7-17)4-5-14(11)19-16(21)13-6-8-18-15(20)10-13/h4-6,8-10H,7,17H2,1H3,(H,18,20)(H,19,21). The average molecular weight is 281 g/mol. The van der Waals surface area contributed by atoms with Crippen molar-refractivity contribution in [1.82, 2.24) is 4.98 Å². The van der Waals surface area contributed by atoms with Crippen molar-refractivity contribution in [1.29, 1.82) is 0 Å². The fourth-order valence-corrected chi connectivity index (χ4v) is 1.82. The largest absolute Gasteiger partial charge is 0.329 e. The number of pyridine rings is 1. The molecule has 0 fully saturated rings. The van der Waals surface area contributed by atoms with Gasteiger partial charge in [0.2, 0.25) is 5.56 Å². The molecule has 4 N–H and O–H groups in total. The van der Waals surface area contributed by atoms with Crippen molar-refractivity contribution in [3.8, 4) is 11.8 Å².